The molecule has 3 aromatic carbocycles. The zero-order valence-corrected chi connectivity index (χ0v) is 22.4. The number of benzene rings is 2. The number of carbonyl (C=O) groups excluding carboxylic acids is 1. The number of fused-ring (bicyclic) bond motifs is 3. The first-order valence-electron chi connectivity index (χ1n) is 12.0. The highest BCUT2D eigenvalue weighted by molar-refractivity contribution is 6.17. The summed E-state index contributed by atoms with van der Waals surface area (Å²) in [7, 11) is 8.38. The van der Waals surface area contributed by atoms with Crippen LogP contribution in [0.25, 0.3) is 11.1 Å². The number of carbonyl (C=O) groups is 1. The molecule has 1 aliphatic carbocycles. The van der Waals surface area contributed by atoms with E-state index >= 15 is 0 Å². The fraction of sp³-hybridized carbons (Fsp3) is 0.310. The van der Waals surface area contributed by atoms with E-state index in [0.717, 1.165) is 22.3 Å². The van der Waals surface area contributed by atoms with Crippen molar-refractivity contribution in [3.63, 3.8) is 0 Å². The summed E-state index contributed by atoms with van der Waals surface area (Å²) >= 11 is 5.90. The van der Waals surface area contributed by atoms with E-state index in [9.17, 15) is 9.59 Å². The average molecular weight is 523 g/mol. The predicted molar refractivity (Wildman–Crippen MR) is 147 cm³/mol. The highest BCUT2D eigenvalue weighted by atomic mass is 35.5. The van der Waals surface area contributed by atoms with Crippen LogP contribution >= 0.6 is 11.6 Å². The van der Waals surface area contributed by atoms with E-state index in [1.165, 1.54) is 0 Å². The second kappa shape index (κ2) is 11.1. The first-order chi connectivity index (χ1) is 17.8. The maximum atomic E-state index is 13.3. The Morgan fingerprint density at radius 1 is 1.00 bits per heavy atom. The van der Waals surface area contributed by atoms with Crippen molar-refractivity contribution in [2.24, 2.45) is 0 Å². The summed E-state index contributed by atoms with van der Waals surface area (Å²) in [5, 5.41) is 3.16. The Morgan fingerprint density at radius 2 is 1.70 bits per heavy atom. The fourth-order valence-electron chi connectivity index (χ4n) is 4.81. The molecule has 0 saturated carbocycles. The van der Waals surface area contributed by atoms with Gasteiger partial charge in [-0.2, -0.15) is 0 Å². The third-order valence-corrected chi connectivity index (χ3v) is 6.98. The lowest BCUT2D eigenvalue weighted by Gasteiger charge is -2.20. The van der Waals surface area contributed by atoms with Crippen LogP contribution in [0, 0.1) is 0 Å². The molecule has 0 unspecified atom stereocenters. The number of hydrogen-bond acceptors (Lipinski definition) is 6. The van der Waals surface area contributed by atoms with Gasteiger partial charge >= 0.3 is 0 Å². The molecule has 0 heterocycles. The van der Waals surface area contributed by atoms with Crippen molar-refractivity contribution < 1.29 is 19.0 Å². The van der Waals surface area contributed by atoms with Crippen molar-refractivity contribution in [3.05, 3.63) is 81.0 Å². The molecule has 0 fully saturated rings. The molecule has 4 rings (SSSR count). The van der Waals surface area contributed by atoms with Crippen LogP contribution in [-0.4, -0.2) is 41.3 Å². The van der Waals surface area contributed by atoms with E-state index in [4.69, 9.17) is 25.8 Å². The van der Waals surface area contributed by atoms with Gasteiger partial charge in [-0.15, -0.1) is 11.6 Å². The number of ether oxygens (including phenoxy) is 3. The molecule has 0 aromatic heterocycles. The number of halogens is 1. The smallest absolute Gasteiger partial charge is 0.251 e. The maximum Gasteiger partial charge on any atom is 0.251 e. The predicted octanol–water partition coefficient (Wildman–Crippen LogP) is 4.96. The summed E-state index contributed by atoms with van der Waals surface area (Å²) in [4.78, 5) is 28.3. The van der Waals surface area contributed by atoms with Crippen molar-refractivity contribution in [3.8, 4) is 28.4 Å². The number of rotatable bonds is 7. The first kappa shape index (κ1) is 26.4. The summed E-state index contributed by atoms with van der Waals surface area (Å²) in [5.74, 6) is 1.70. The number of nitrogens with one attached hydrogen (secondary N) is 1. The molecule has 1 amide bonds. The molecule has 0 aliphatic heterocycles. The molecule has 8 heteroatoms. The minimum Gasteiger partial charge on any atom is -0.493 e. The molecular formula is C29H31ClN2O5. The third kappa shape index (κ3) is 5.09. The van der Waals surface area contributed by atoms with Gasteiger partial charge in [-0.3, -0.25) is 9.59 Å². The van der Waals surface area contributed by atoms with Crippen LogP contribution in [0.2, 0.25) is 0 Å². The minimum absolute atomic E-state index is 0.139. The lowest BCUT2D eigenvalue weighted by molar-refractivity contribution is 0.0935. The van der Waals surface area contributed by atoms with E-state index in [1.807, 2.05) is 38.4 Å². The van der Waals surface area contributed by atoms with Gasteiger partial charge in [-0.1, -0.05) is 18.2 Å². The number of anilines is 1. The summed E-state index contributed by atoms with van der Waals surface area (Å²) in [6, 6.07) is 14.0. The standard InChI is InChI=1S/C29H31ClN2O5/c1-32(2)23-13-11-20-21(15-24(23)33)22(31-29(34)18-8-6-17(16-30)7-9-18)12-10-19-14-25(35-3)27(36-4)28(37-5)26(19)20/h6-9,11,13-15,22H,10,12,16H2,1-5H3,(H,31,34)/t22-/m0/s1. The molecule has 0 saturated heterocycles. The van der Waals surface area contributed by atoms with Gasteiger partial charge in [0.2, 0.25) is 11.2 Å². The van der Waals surface area contributed by atoms with Crippen LogP contribution < -0.4 is 29.9 Å². The molecule has 1 aliphatic rings. The van der Waals surface area contributed by atoms with Gasteiger partial charge in [0.1, 0.15) is 0 Å². The van der Waals surface area contributed by atoms with E-state index in [2.05, 4.69) is 5.32 Å². The SMILES string of the molecule is COc1cc2c(c(OC)c1OC)-c1ccc(N(C)C)c(=O)cc1[C@@H](NC(=O)c1ccc(CCl)cc1)CC2. The summed E-state index contributed by atoms with van der Waals surface area (Å²) in [6.45, 7) is 0. The monoisotopic (exact) mass is 522 g/mol. The Morgan fingerprint density at radius 3 is 2.30 bits per heavy atom. The molecule has 1 atom stereocenters. The van der Waals surface area contributed by atoms with Gasteiger partial charge in [0.05, 0.1) is 33.1 Å². The third-order valence-electron chi connectivity index (χ3n) is 6.67. The van der Waals surface area contributed by atoms with Gasteiger partial charge in [0, 0.05) is 31.1 Å². The molecule has 194 valence electrons. The summed E-state index contributed by atoms with van der Waals surface area (Å²) in [5.41, 5.74) is 5.15. The average Bonchev–Trinajstić information content (AvgIpc) is 3.16. The van der Waals surface area contributed by atoms with Crippen molar-refractivity contribution in [1.29, 1.82) is 0 Å². The minimum atomic E-state index is -0.417. The Labute approximate surface area is 221 Å². The number of methoxy groups -OCH3 is 3. The van der Waals surface area contributed by atoms with E-state index in [1.54, 1.807) is 50.5 Å². The van der Waals surface area contributed by atoms with Gasteiger partial charge in [-0.25, -0.2) is 0 Å². The van der Waals surface area contributed by atoms with Gasteiger partial charge in [0.25, 0.3) is 5.91 Å². The number of aryl methyl sites for hydroxylation is 1. The molecular weight excluding hydrogens is 492 g/mol. The summed E-state index contributed by atoms with van der Waals surface area (Å²) < 4.78 is 17.1. The topological polar surface area (TPSA) is 77.1 Å². The Kier molecular flexibility index (Phi) is 7.93. The molecule has 37 heavy (non-hydrogen) atoms. The molecule has 1 N–H and O–H groups in total. The van der Waals surface area contributed by atoms with E-state index in [0.29, 0.717) is 52.8 Å². The molecule has 0 spiro atoms. The van der Waals surface area contributed by atoms with Crippen LogP contribution in [0.4, 0.5) is 5.69 Å². The van der Waals surface area contributed by atoms with E-state index < -0.39 is 6.04 Å². The number of amides is 1. The first-order valence-corrected chi connectivity index (χ1v) is 12.5. The normalized spacial score (nSPS) is 14.1. The molecule has 0 bridgehead atoms. The van der Waals surface area contributed by atoms with Crippen LogP contribution in [-0.2, 0) is 12.3 Å². The zero-order valence-electron chi connectivity index (χ0n) is 21.7. The quantitative estimate of drug-likeness (QED) is 0.442. The summed E-state index contributed by atoms with van der Waals surface area (Å²) in [6.07, 6.45) is 1.19. The lowest BCUT2D eigenvalue weighted by Crippen LogP contribution is -2.29. The lowest BCUT2D eigenvalue weighted by atomic mass is 9.95. The van der Waals surface area contributed by atoms with Crippen molar-refractivity contribution in [1.82, 2.24) is 5.32 Å². The number of hydrogen-bond donors (Lipinski definition) is 1. The van der Waals surface area contributed by atoms with Crippen LogP contribution in [0.3, 0.4) is 0 Å². The molecule has 3 aromatic rings. The van der Waals surface area contributed by atoms with Crippen LogP contribution in [0.15, 0.2) is 53.3 Å². The number of nitrogens with zero attached hydrogens (tertiary/aromatic N) is 1. The second-order valence-electron chi connectivity index (χ2n) is 9.07. The maximum absolute atomic E-state index is 13.3. The van der Waals surface area contributed by atoms with Crippen molar-refractivity contribution in [2.75, 3.05) is 40.3 Å². The highest BCUT2D eigenvalue weighted by Crippen LogP contribution is 2.50. The largest absolute Gasteiger partial charge is 0.493 e. The highest BCUT2D eigenvalue weighted by Gasteiger charge is 2.30. The van der Waals surface area contributed by atoms with Gasteiger partial charge < -0.3 is 24.4 Å². The van der Waals surface area contributed by atoms with Gasteiger partial charge in [0.15, 0.2) is 11.5 Å². The Balaban J connectivity index is 1.92. The zero-order chi connectivity index (χ0) is 26.7. The Bertz CT molecular complexity index is 1370. The van der Waals surface area contributed by atoms with Crippen LogP contribution in [0.1, 0.15) is 39.5 Å². The van der Waals surface area contributed by atoms with Crippen LogP contribution in [0.5, 0.6) is 17.2 Å². The van der Waals surface area contributed by atoms with Crippen molar-refractivity contribution >= 4 is 23.2 Å². The number of alkyl halides is 1. The second-order valence-corrected chi connectivity index (χ2v) is 9.33. The van der Waals surface area contributed by atoms with Gasteiger partial charge in [-0.05, 0) is 65.4 Å². The van der Waals surface area contributed by atoms with Crippen molar-refractivity contribution in [2.45, 2.75) is 24.8 Å². The Hall–Kier alpha value is -3.71. The molecule has 0 radical (unpaired) electrons. The fourth-order valence-corrected chi connectivity index (χ4v) is 4.99. The van der Waals surface area contributed by atoms with E-state index in [-0.39, 0.29) is 11.3 Å². The molecule has 7 nitrogen and oxygen atoms in total.